The molecule has 142 valence electrons. The SMILES string of the molecule is CC(C)S(=O)(=O)CCCCCCCc1ccc(Cc2ccncc2)cc1. The lowest BCUT2D eigenvalue weighted by atomic mass is 10.0. The summed E-state index contributed by atoms with van der Waals surface area (Å²) in [6.07, 6.45) is 11.0. The van der Waals surface area contributed by atoms with Gasteiger partial charge in [-0.2, -0.15) is 0 Å². The number of nitrogens with zero attached hydrogens (tertiary/aromatic N) is 1. The summed E-state index contributed by atoms with van der Waals surface area (Å²) < 4.78 is 23.5. The molecule has 2 rings (SSSR count). The maximum Gasteiger partial charge on any atom is 0.152 e. The second kappa shape index (κ2) is 10.5. The molecule has 1 aromatic heterocycles. The average molecular weight is 374 g/mol. The third-order valence-corrected chi connectivity index (χ3v) is 7.09. The Labute approximate surface area is 158 Å². The summed E-state index contributed by atoms with van der Waals surface area (Å²) in [5.74, 6) is 0.337. The molecular formula is C22H31NO2S. The molecule has 26 heavy (non-hydrogen) atoms. The molecule has 0 bridgehead atoms. The lowest BCUT2D eigenvalue weighted by Crippen LogP contribution is -2.17. The van der Waals surface area contributed by atoms with Crippen molar-refractivity contribution in [2.75, 3.05) is 5.75 Å². The summed E-state index contributed by atoms with van der Waals surface area (Å²) in [6.45, 7) is 3.52. The van der Waals surface area contributed by atoms with E-state index in [9.17, 15) is 8.42 Å². The maximum absolute atomic E-state index is 11.7. The largest absolute Gasteiger partial charge is 0.265 e. The van der Waals surface area contributed by atoms with Gasteiger partial charge in [-0.25, -0.2) is 8.42 Å². The Bertz CT molecular complexity index is 737. The first-order valence-electron chi connectivity index (χ1n) is 9.65. The molecule has 0 N–H and O–H groups in total. The van der Waals surface area contributed by atoms with E-state index >= 15 is 0 Å². The molecule has 0 aliphatic carbocycles. The van der Waals surface area contributed by atoms with Gasteiger partial charge in [0, 0.05) is 12.4 Å². The topological polar surface area (TPSA) is 47.0 Å². The predicted molar refractivity (Wildman–Crippen MR) is 109 cm³/mol. The van der Waals surface area contributed by atoms with Gasteiger partial charge in [0.25, 0.3) is 0 Å². The Morgan fingerprint density at radius 2 is 1.31 bits per heavy atom. The van der Waals surface area contributed by atoms with Crippen LogP contribution in [0.3, 0.4) is 0 Å². The van der Waals surface area contributed by atoms with Gasteiger partial charge < -0.3 is 0 Å². The Hall–Kier alpha value is -1.68. The molecule has 0 aliphatic heterocycles. The van der Waals surface area contributed by atoms with Gasteiger partial charge in [-0.15, -0.1) is 0 Å². The van der Waals surface area contributed by atoms with Gasteiger partial charge in [0.2, 0.25) is 0 Å². The second-order valence-corrected chi connectivity index (χ2v) is 9.96. The number of aryl methyl sites for hydroxylation is 1. The molecular weight excluding hydrogens is 342 g/mol. The van der Waals surface area contributed by atoms with Crippen molar-refractivity contribution in [2.45, 2.75) is 64.0 Å². The molecule has 4 heteroatoms. The summed E-state index contributed by atoms with van der Waals surface area (Å²) in [7, 11) is -2.86. The minimum Gasteiger partial charge on any atom is -0.265 e. The predicted octanol–water partition coefficient (Wildman–Crippen LogP) is 4.99. The quantitative estimate of drug-likeness (QED) is 0.521. The van der Waals surface area contributed by atoms with Gasteiger partial charge >= 0.3 is 0 Å². The lowest BCUT2D eigenvalue weighted by Gasteiger charge is -2.07. The van der Waals surface area contributed by atoms with Crippen molar-refractivity contribution in [3.05, 3.63) is 65.5 Å². The fraction of sp³-hybridized carbons (Fsp3) is 0.500. The van der Waals surface area contributed by atoms with E-state index in [4.69, 9.17) is 0 Å². The zero-order valence-corrected chi connectivity index (χ0v) is 16.8. The van der Waals surface area contributed by atoms with E-state index in [1.165, 1.54) is 29.5 Å². The Kier molecular flexibility index (Phi) is 8.30. The highest BCUT2D eigenvalue weighted by Gasteiger charge is 2.14. The van der Waals surface area contributed by atoms with E-state index in [1.54, 1.807) is 13.8 Å². The summed E-state index contributed by atoms with van der Waals surface area (Å²) in [5.41, 5.74) is 3.99. The number of rotatable bonds is 11. The molecule has 1 aromatic carbocycles. The average Bonchev–Trinajstić information content (AvgIpc) is 2.63. The highest BCUT2D eigenvalue weighted by atomic mass is 32.2. The molecule has 0 aliphatic rings. The molecule has 0 saturated carbocycles. The number of unbranched alkanes of at least 4 members (excludes halogenated alkanes) is 4. The molecule has 0 radical (unpaired) electrons. The van der Waals surface area contributed by atoms with E-state index in [-0.39, 0.29) is 5.25 Å². The number of hydrogen-bond acceptors (Lipinski definition) is 3. The zero-order chi connectivity index (χ0) is 18.8. The third kappa shape index (κ3) is 7.28. The molecule has 1 heterocycles. The Morgan fingerprint density at radius 3 is 1.96 bits per heavy atom. The van der Waals surface area contributed by atoms with Crippen molar-refractivity contribution in [2.24, 2.45) is 0 Å². The van der Waals surface area contributed by atoms with Gasteiger partial charge in [-0.05, 0) is 68.4 Å². The first kappa shape index (κ1) is 20.6. The van der Waals surface area contributed by atoms with E-state index in [0.717, 1.165) is 32.1 Å². The van der Waals surface area contributed by atoms with Crippen LogP contribution in [0.2, 0.25) is 0 Å². The first-order valence-corrected chi connectivity index (χ1v) is 11.4. The van der Waals surface area contributed by atoms with Crippen LogP contribution in [0.1, 0.15) is 62.6 Å². The smallest absolute Gasteiger partial charge is 0.152 e. The molecule has 0 amide bonds. The summed E-state index contributed by atoms with van der Waals surface area (Å²) in [5, 5.41) is -0.246. The van der Waals surface area contributed by atoms with Gasteiger partial charge in [0.1, 0.15) is 0 Å². The van der Waals surface area contributed by atoms with Crippen LogP contribution in [0.5, 0.6) is 0 Å². The van der Waals surface area contributed by atoms with Gasteiger partial charge in [0.05, 0.1) is 11.0 Å². The van der Waals surface area contributed by atoms with Crippen LogP contribution in [0.4, 0.5) is 0 Å². The number of hydrogen-bond donors (Lipinski definition) is 0. The Balaban J connectivity index is 1.61. The molecule has 2 aromatic rings. The van der Waals surface area contributed by atoms with E-state index in [1.807, 2.05) is 12.4 Å². The monoisotopic (exact) mass is 373 g/mol. The number of pyridine rings is 1. The minimum atomic E-state index is -2.86. The van der Waals surface area contributed by atoms with Gasteiger partial charge in [0.15, 0.2) is 9.84 Å². The minimum absolute atomic E-state index is 0.246. The van der Waals surface area contributed by atoms with Crippen molar-refractivity contribution in [1.29, 1.82) is 0 Å². The van der Waals surface area contributed by atoms with Crippen LogP contribution in [-0.2, 0) is 22.7 Å². The van der Waals surface area contributed by atoms with Crippen LogP contribution in [-0.4, -0.2) is 24.4 Å². The first-order chi connectivity index (χ1) is 12.5. The van der Waals surface area contributed by atoms with Crippen molar-refractivity contribution in [1.82, 2.24) is 4.98 Å². The molecule has 0 unspecified atom stereocenters. The fourth-order valence-corrected chi connectivity index (χ4v) is 4.04. The van der Waals surface area contributed by atoms with Crippen LogP contribution in [0.25, 0.3) is 0 Å². The molecule has 0 spiro atoms. The summed E-state index contributed by atoms with van der Waals surface area (Å²) in [4.78, 5) is 4.05. The van der Waals surface area contributed by atoms with Crippen LogP contribution >= 0.6 is 0 Å². The van der Waals surface area contributed by atoms with Gasteiger partial charge in [-0.3, -0.25) is 4.98 Å². The van der Waals surface area contributed by atoms with Crippen LogP contribution in [0.15, 0.2) is 48.8 Å². The van der Waals surface area contributed by atoms with Crippen molar-refractivity contribution >= 4 is 9.84 Å². The Morgan fingerprint density at radius 1 is 0.769 bits per heavy atom. The molecule has 0 atom stereocenters. The normalized spacial score (nSPS) is 11.8. The van der Waals surface area contributed by atoms with Crippen molar-refractivity contribution < 1.29 is 8.42 Å². The summed E-state index contributed by atoms with van der Waals surface area (Å²) in [6, 6.07) is 13.0. The van der Waals surface area contributed by atoms with Crippen molar-refractivity contribution in [3.63, 3.8) is 0 Å². The van der Waals surface area contributed by atoms with E-state index in [2.05, 4.69) is 41.4 Å². The maximum atomic E-state index is 11.7. The number of sulfone groups is 1. The molecule has 0 fully saturated rings. The zero-order valence-electron chi connectivity index (χ0n) is 16.0. The summed E-state index contributed by atoms with van der Waals surface area (Å²) >= 11 is 0. The van der Waals surface area contributed by atoms with Crippen molar-refractivity contribution in [3.8, 4) is 0 Å². The fourth-order valence-electron chi connectivity index (χ4n) is 2.96. The lowest BCUT2D eigenvalue weighted by molar-refractivity contribution is 0.577. The van der Waals surface area contributed by atoms with Gasteiger partial charge in [-0.1, -0.05) is 43.5 Å². The van der Waals surface area contributed by atoms with Crippen LogP contribution < -0.4 is 0 Å². The van der Waals surface area contributed by atoms with E-state index in [0.29, 0.717) is 5.75 Å². The second-order valence-electron chi connectivity index (χ2n) is 7.28. The highest BCUT2D eigenvalue weighted by molar-refractivity contribution is 7.91. The number of aromatic nitrogens is 1. The molecule has 0 saturated heterocycles. The standard InChI is InChI=1S/C22H31NO2S/c1-19(2)26(24,25)17-7-5-3-4-6-8-20-9-11-21(12-10-20)18-22-13-15-23-16-14-22/h9-16,19H,3-8,17-18H2,1-2H3. The van der Waals surface area contributed by atoms with Crippen LogP contribution in [0, 0.1) is 0 Å². The molecule has 3 nitrogen and oxygen atoms in total. The van der Waals surface area contributed by atoms with E-state index < -0.39 is 9.84 Å². The number of benzene rings is 1. The highest BCUT2D eigenvalue weighted by Crippen LogP contribution is 2.14. The third-order valence-electron chi connectivity index (χ3n) is 4.79.